The van der Waals surface area contributed by atoms with E-state index in [0.717, 1.165) is 33.2 Å². The zero-order valence-electron chi connectivity index (χ0n) is 20.8. The molecule has 1 aliphatic heterocycles. The van der Waals surface area contributed by atoms with Gasteiger partial charge in [0.15, 0.2) is 5.75 Å². The summed E-state index contributed by atoms with van der Waals surface area (Å²) in [5, 5.41) is 25.9. The van der Waals surface area contributed by atoms with Crippen LogP contribution in [0.2, 0.25) is 0 Å². The second-order valence-corrected chi connectivity index (χ2v) is 10.1. The van der Waals surface area contributed by atoms with E-state index in [1.54, 1.807) is 27.0 Å². The number of benzene rings is 2. The van der Waals surface area contributed by atoms with E-state index in [1.165, 1.54) is 0 Å². The molecule has 186 valence electrons. The molecule has 0 aliphatic carbocycles. The predicted octanol–water partition coefficient (Wildman–Crippen LogP) is 3.93. The molecule has 0 bridgehead atoms. The van der Waals surface area contributed by atoms with Gasteiger partial charge in [0.2, 0.25) is 0 Å². The van der Waals surface area contributed by atoms with E-state index in [-0.39, 0.29) is 6.10 Å². The van der Waals surface area contributed by atoms with Crippen molar-refractivity contribution in [2.45, 2.75) is 33.4 Å². The molecule has 1 saturated heterocycles. The zero-order chi connectivity index (χ0) is 25.6. The fraction of sp³-hybridized carbons (Fsp3) is 0.370. The van der Waals surface area contributed by atoms with Crippen LogP contribution in [0.25, 0.3) is 21.8 Å². The number of carboxylic acid groups (broad SMARTS) is 1. The fourth-order valence-electron chi connectivity index (χ4n) is 4.86. The average molecular weight is 488 g/mol. The summed E-state index contributed by atoms with van der Waals surface area (Å²) < 4.78 is 13.8. The van der Waals surface area contributed by atoms with E-state index in [1.807, 2.05) is 42.2 Å². The lowest BCUT2D eigenvalue weighted by atomic mass is 9.91. The number of aromatic amines is 1. The molecule has 0 spiro atoms. The number of rotatable bonds is 8. The average Bonchev–Trinajstić information content (AvgIpc) is 3.46. The highest BCUT2D eigenvalue weighted by atomic mass is 16.5. The number of carboxylic acids is 1. The number of hydrogen-bond acceptors (Lipinski definition) is 6. The molecule has 0 saturated carbocycles. The summed E-state index contributed by atoms with van der Waals surface area (Å²) in [7, 11) is 1.67. The van der Waals surface area contributed by atoms with E-state index < -0.39 is 11.4 Å². The molecule has 1 fully saturated rings. The number of carbonyl (C=O) groups is 1. The number of likely N-dealkylation sites (tertiary alicyclic amines) is 1. The topological polar surface area (TPSA) is 116 Å². The van der Waals surface area contributed by atoms with Crippen LogP contribution in [-0.4, -0.2) is 63.6 Å². The van der Waals surface area contributed by atoms with Gasteiger partial charge in [0.05, 0.1) is 24.6 Å². The largest absolute Gasteiger partial charge is 0.496 e. The summed E-state index contributed by atoms with van der Waals surface area (Å²) in [5.41, 5.74) is 3.43. The summed E-state index contributed by atoms with van der Waals surface area (Å²) in [6.45, 7) is 7.62. The zero-order valence-corrected chi connectivity index (χ0v) is 20.8. The summed E-state index contributed by atoms with van der Waals surface area (Å²) in [6.07, 6.45) is 3.74. The summed E-state index contributed by atoms with van der Waals surface area (Å²) >= 11 is 0. The smallest absolute Gasteiger partial charge is 0.310 e. The molecule has 4 aromatic rings. The van der Waals surface area contributed by atoms with Crippen LogP contribution in [0.4, 0.5) is 0 Å². The minimum atomic E-state index is -0.830. The Kier molecular flexibility index (Phi) is 5.85. The lowest BCUT2D eigenvalue weighted by Crippen LogP contribution is -2.57. The Bertz CT molecular complexity index is 1500. The summed E-state index contributed by atoms with van der Waals surface area (Å²) in [5.74, 6) is 0.446. The number of aromatic nitrogens is 3. The molecule has 2 aromatic heterocycles. The van der Waals surface area contributed by atoms with Gasteiger partial charge in [-0.3, -0.25) is 14.4 Å². The number of fused-ring (bicyclic) bond motifs is 2. The van der Waals surface area contributed by atoms with Crippen LogP contribution in [0.5, 0.6) is 11.5 Å². The maximum absolute atomic E-state index is 11.4. The number of aliphatic carboxylic acids is 1. The summed E-state index contributed by atoms with van der Waals surface area (Å²) in [6, 6.07) is 9.92. The Morgan fingerprint density at radius 3 is 2.81 bits per heavy atom. The van der Waals surface area contributed by atoms with Gasteiger partial charge in [-0.05, 0) is 50.6 Å². The molecular weight excluding hydrogens is 458 g/mol. The summed E-state index contributed by atoms with van der Waals surface area (Å²) in [4.78, 5) is 16.8. The fourth-order valence-corrected chi connectivity index (χ4v) is 4.86. The molecule has 2 aromatic carbocycles. The first-order chi connectivity index (χ1) is 17.2. The van der Waals surface area contributed by atoms with Gasteiger partial charge in [-0.25, -0.2) is 0 Å². The third-order valence-electron chi connectivity index (χ3n) is 6.86. The van der Waals surface area contributed by atoms with Crippen molar-refractivity contribution in [2.24, 2.45) is 5.41 Å². The maximum Gasteiger partial charge on any atom is 0.310 e. The number of nitrogens with one attached hydrogen (secondary N) is 1. The lowest BCUT2D eigenvalue weighted by molar-refractivity contribution is -0.149. The van der Waals surface area contributed by atoms with Crippen LogP contribution in [0, 0.1) is 23.7 Å². The molecule has 0 atom stereocenters. The number of nitrogens with zero attached hydrogens (tertiary/aromatic N) is 4. The van der Waals surface area contributed by atoms with E-state index >= 15 is 0 Å². The van der Waals surface area contributed by atoms with Crippen molar-refractivity contribution < 1.29 is 19.4 Å². The molecule has 1 aliphatic rings. The highest BCUT2D eigenvalue weighted by Crippen LogP contribution is 2.34. The second kappa shape index (κ2) is 8.88. The minimum Gasteiger partial charge on any atom is -0.496 e. The molecule has 5 rings (SSSR count). The van der Waals surface area contributed by atoms with Crippen molar-refractivity contribution in [1.29, 1.82) is 5.26 Å². The minimum absolute atomic E-state index is 0.130. The monoisotopic (exact) mass is 487 g/mol. The second-order valence-electron chi connectivity index (χ2n) is 10.1. The van der Waals surface area contributed by atoms with Gasteiger partial charge >= 0.3 is 5.97 Å². The van der Waals surface area contributed by atoms with Crippen molar-refractivity contribution >= 4 is 27.8 Å². The maximum atomic E-state index is 11.4. The van der Waals surface area contributed by atoms with E-state index in [2.05, 4.69) is 16.0 Å². The highest BCUT2D eigenvalue weighted by Gasteiger charge is 2.37. The van der Waals surface area contributed by atoms with Crippen LogP contribution < -0.4 is 9.47 Å². The number of methoxy groups -OCH3 is 1. The van der Waals surface area contributed by atoms with Gasteiger partial charge in [-0.2, -0.15) is 10.4 Å². The molecule has 36 heavy (non-hydrogen) atoms. The quantitative estimate of drug-likeness (QED) is 0.387. The van der Waals surface area contributed by atoms with Gasteiger partial charge < -0.3 is 19.6 Å². The van der Waals surface area contributed by atoms with Crippen LogP contribution in [0.15, 0.2) is 36.7 Å². The molecule has 3 heterocycles. The van der Waals surface area contributed by atoms with E-state index in [0.29, 0.717) is 43.0 Å². The molecule has 2 N–H and O–H groups in total. The Balaban J connectivity index is 1.41. The highest BCUT2D eigenvalue weighted by molar-refractivity contribution is 5.89. The van der Waals surface area contributed by atoms with Gasteiger partial charge in [0.25, 0.3) is 0 Å². The van der Waals surface area contributed by atoms with Crippen molar-refractivity contribution in [3.05, 3.63) is 53.3 Å². The Labute approximate surface area is 208 Å². The first-order valence-corrected chi connectivity index (χ1v) is 11.9. The van der Waals surface area contributed by atoms with Gasteiger partial charge in [0.1, 0.15) is 23.4 Å². The Hall–Kier alpha value is -4.03. The van der Waals surface area contributed by atoms with Crippen molar-refractivity contribution in [3.63, 3.8) is 0 Å². The van der Waals surface area contributed by atoms with Crippen molar-refractivity contribution in [2.75, 3.05) is 26.7 Å². The van der Waals surface area contributed by atoms with Crippen LogP contribution >= 0.6 is 0 Å². The molecule has 0 unspecified atom stereocenters. The lowest BCUT2D eigenvalue weighted by Gasteiger charge is -2.41. The van der Waals surface area contributed by atoms with Crippen molar-refractivity contribution in [1.82, 2.24) is 19.7 Å². The van der Waals surface area contributed by atoms with Crippen LogP contribution in [0.1, 0.15) is 30.5 Å². The molecular formula is C27H29N5O4. The Morgan fingerprint density at radius 1 is 1.33 bits per heavy atom. The number of nitriles is 1. The first kappa shape index (κ1) is 23.7. The number of H-pyrrole nitrogens is 1. The molecule has 9 heteroatoms. The van der Waals surface area contributed by atoms with Crippen LogP contribution in [-0.2, 0) is 11.3 Å². The van der Waals surface area contributed by atoms with E-state index in [9.17, 15) is 15.2 Å². The normalized spacial score (nSPS) is 14.6. The van der Waals surface area contributed by atoms with Crippen LogP contribution in [0.3, 0.4) is 0 Å². The number of hydrogen-bond donors (Lipinski definition) is 2. The van der Waals surface area contributed by atoms with Gasteiger partial charge in [-0.15, -0.1) is 0 Å². The van der Waals surface area contributed by atoms with Gasteiger partial charge in [-0.1, -0.05) is 0 Å². The molecule has 0 amide bonds. The predicted molar refractivity (Wildman–Crippen MR) is 135 cm³/mol. The molecule has 9 nitrogen and oxygen atoms in total. The van der Waals surface area contributed by atoms with E-state index in [4.69, 9.17) is 14.6 Å². The third-order valence-corrected chi connectivity index (χ3v) is 6.86. The number of aryl methyl sites for hydroxylation is 1. The number of ether oxygens (including phenoxy) is 2. The Morgan fingerprint density at radius 2 is 2.11 bits per heavy atom. The first-order valence-electron chi connectivity index (χ1n) is 11.9. The van der Waals surface area contributed by atoms with Crippen molar-refractivity contribution in [3.8, 4) is 17.6 Å². The SMILES string of the molecule is COc1cc(C)c2[nH]ccc2c1Cn1cc2ccc(C#N)c(OC3CN(CC(C)(C)C(=O)O)C3)c2n1. The molecule has 0 radical (unpaired) electrons. The van der Waals surface area contributed by atoms with Gasteiger partial charge in [0, 0.05) is 53.9 Å². The third kappa shape index (κ3) is 4.14. The standard InChI is InChI=1S/C27H29N5O4/c1-16-9-22(35-4)21(20-7-8-29-23(16)20)14-32-11-18-6-5-17(10-28)25(24(18)30-32)36-19-12-31(13-19)15-27(2,3)26(33)34/h5-9,11,19,29H,12-15H2,1-4H3,(H,33,34).